The van der Waals surface area contributed by atoms with Gasteiger partial charge < -0.3 is 27.2 Å². The lowest BCUT2D eigenvalue weighted by atomic mass is 9.68. The highest BCUT2D eigenvalue weighted by atomic mass is 16.4. The molecule has 0 bridgehead atoms. The minimum atomic E-state index is -2.48. The van der Waals surface area contributed by atoms with E-state index in [1.54, 1.807) is 18.2 Å². The van der Waals surface area contributed by atoms with E-state index >= 15 is 0 Å². The molecule has 1 aromatic rings. The molecule has 0 spiro atoms. The summed E-state index contributed by atoms with van der Waals surface area (Å²) in [6.45, 7) is 5.46. The normalized spacial score (nSPS) is 15.8. The van der Waals surface area contributed by atoms with E-state index in [1.165, 1.54) is 6.21 Å². The molecule has 0 aliphatic heterocycles. The predicted molar refractivity (Wildman–Crippen MR) is 98.5 cm³/mol. The maximum Gasteiger partial charge on any atom is 0.334 e. The van der Waals surface area contributed by atoms with Crippen LogP contribution < -0.4 is 17.3 Å². The largest absolute Gasteiger partial charge is 0.479 e. The van der Waals surface area contributed by atoms with Crippen LogP contribution in [-0.4, -0.2) is 34.9 Å². The van der Waals surface area contributed by atoms with E-state index in [1.807, 2.05) is 6.92 Å². The Morgan fingerprint density at radius 1 is 1.35 bits per heavy atom. The summed E-state index contributed by atoms with van der Waals surface area (Å²) < 4.78 is 0. The number of aliphatic carboxylic acids is 1. The molecule has 2 unspecified atom stereocenters. The monoisotopic (exact) mass is 360 g/mol. The van der Waals surface area contributed by atoms with E-state index in [-0.39, 0.29) is 12.8 Å². The Labute approximate surface area is 151 Å². The topological polar surface area (TPSA) is 162 Å². The molecule has 0 saturated carbocycles. The fraction of sp³-hybridized carbons (Fsp3) is 0.333. The molecule has 0 fully saturated rings. The number of nitrogens with two attached hydrogens (primary N) is 3. The Bertz CT molecular complexity index is 747. The van der Waals surface area contributed by atoms with E-state index in [9.17, 15) is 19.5 Å². The first-order chi connectivity index (χ1) is 12.2. The van der Waals surface area contributed by atoms with Crippen LogP contribution in [0.15, 0.2) is 36.0 Å². The molecule has 0 saturated heterocycles. The van der Waals surface area contributed by atoms with Crippen molar-refractivity contribution < 1.29 is 19.5 Å². The Kier molecular flexibility index (Phi) is 6.93. The quantitative estimate of drug-likeness (QED) is 0.116. The van der Waals surface area contributed by atoms with E-state index < -0.39 is 22.8 Å². The van der Waals surface area contributed by atoms with Gasteiger partial charge in [0.1, 0.15) is 6.29 Å². The second-order valence-corrected chi connectivity index (χ2v) is 5.86. The summed E-state index contributed by atoms with van der Waals surface area (Å²) in [4.78, 5) is 35.1. The van der Waals surface area contributed by atoms with Crippen LogP contribution in [0, 0.1) is 0 Å². The summed E-state index contributed by atoms with van der Waals surface area (Å²) >= 11 is 0. The summed E-state index contributed by atoms with van der Waals surface area (Å²) in [5.74, 6) is 2.71. The van der Waals surface area contributed by atoms with Gasteiger partial charge in [-0.2, -0.15) is 5.10 Å². The molecule has 7 N–H and O–H groups in total. The molecule has 26 heavy (non-hydrogen) atoms. The molecular weight excluding hydrogens is 336 g/mol. The molecule has 0 aliphatic carbocycles. The zero-order valence-electron chi connectivity index (χ0n) is 14.6. The summed E-state index contributed by atoms with van der Waals surface area (Å²) in [5.41, 5.74) is 9.78. The van der Waals surface area contributed by atoms with Crippen molar-refractivity contribution in [3.63, 3.8) is 0 Å². The zero-order chi connectivity index (χ0) is 20.0. The minimum absolute atomic E-state index is 0.148. The van der Waals surface area contributed by atoms with Crippen LogP contribution in [-0.2, 0) is 26.3 Å². The smallest absolute Gasteiger partial charge is 0.334 e. The number of ketones is 1. The van der Waals surface area contributed by atoms with Gasteiger partial charge in [-0.1, -0.05) is 25.1 Å². The molecule has 1 aromatic carbocycles. The van der Waals surface area contributed by atoms with Crippen LogP contribution in [0.3, 0.4) is 0 Å². The van der Waals surface area contributed by atoms with Crippen molar-refractivity contribution in [1.82, 2.24) is 0 Å². The number of carboxylic acid groups (broad SMARTS) is 1. The number of hydrogen-bond acceptors (Lipinski definition) is 7. The van der Waals surface area contributed by atoms with E-state index in [2.05, 4.69) is 11.7 Å². The molecule has 0 radical (unpaired) electrons. The van der Waals surface area contributed by atoms with E-state index in [4.69, 9.17) is 17.3 Å². The number of hydrazone groups is 1. The maximum atomic E-state index is 12.6. The lowest BCUT2D eigenvalue weighted by molar-refractivity contribution is -0.151. The number of carbonyl (C=O) groups excluding carboxylic acids is 2. The van der Waals surface area contributed by atoms with Crippen molar-refractivity contribution in [2.45, 2.75) is 37.3 Å². The number of aryl methyl sites for hydroxylation is 1. The van der Waals surface area contributed by atoms with E-state index in [0.29, 0.717) is 29.4 Å². The van der Waals surface area contributed by atoms with Gasteiger partial charge in [-0.05, 0) is 29.2 Å². The number of Topliss-reactive ketones (excluding diaryl/α,β-unsaturated/α-hetero) is 1. The molecule has 140 valence electrons. The highest BCUT2D eigenvalue weighted by Crippen LogP contribution is 2.35. The van der Waals surface area contributed by atoms with Crippen LogP contribution >= 0.6 is 0 Å². The van der Waals surface area contributed by atoms with Crippen LogP contribution in [0.2, 0.25) is 0 Å². The highest BCUT2D eigenvalue weighted by molar-refractivity contribution is 6.10. The number of carboxylic acids is 1. The van der Waals surface area contributed by atoms with Gasteiger partial charge in [0.15, 0.2) is 11.3 Å². The summed E-state index contributed by atoms with van der Waals surface area (Å²) in [6, 6.07) is 4.94. The van der Waals surface area contributed by atoms with Crippen molar-refractivity contribution in [2.75, 3.05) is 0 Å². The molecule has 8 nitrogen and oxygen atoms in total. The average molecular weight is 360 g/mol. The first-order valence-corrected chi connectivity index (χ1v) is 8.01. The predicted octanol–water partition coefficient (Wildman–Crippen LogP) is 0.212. The third-order valence-electron chi connectivity index (χ3n) is 4.42. The number of rotatable bonds is 10. The Balaban J connectivity index is 3.65. The average Bonchev–Trinajstić information content (AvgIpc) is 2.64. The standard InChI is InChI=1S/C18H24N4O4/c1-3-13-10-12(11-22-21)7-8-14(13)17(19,4-2)18(20,16(25)26)15(24)6-5-9-23/h4,7-11H,2-3,5-6,19-21H2,1H3,(H,25,26). The summed E-state index contributed by atoms with van der Waals surface area (Å²) in [6.07, 6.45) is 3.11. The van der Waals surface area contributed by atoms with Gasteiger partial charge >= 0.3 is 5.97 Å². The molecule has 0 heterocycles. The van der Waals surface area contributed by atoms with Crippen molar-refractivity contribution in [3.8, 4) is 0 Å². The second kappa shape index (κ2) is 8.50. The van der Waals surface area contributed by atoms with Crippen molar-refractivity contribution in [1.29, 1.82) is 0 Å². The van der Waals surface area contributed by atoms with Gasteiger partial charge in [0.2, 0.25) is 0 Å². The Morgan fingerprint density at radius 2 is 2.00 bits per heavy atom. The molecule has 1 rings (SSSR count). The summed E-state index contributed by atoms with van der Waals surface area (Å²) in [7, 11) is 0. The highest BCUT2D eigenvalue weighted by Gasteiger charge is 2.57. The van der Waals surface area contributed by atoms with Crippen LogP contribution in [0.1, 0.15) is 36.5 Å². The molecule has 2 atom stereocenters. The Hall–Kier alpha value is -2.84. The first kappa shape index (κ1) is 21.2. The van der Waals surface area contributed by atoms with Crippen LogP contribution in [0.25, 0.3) is 0 Å². The number of benzene rings is 1. The molecule has 0 amide bonds. The molecular formula is C18H24N4O4. The first-order valence-electron chi connectivity index (χ1n) is 8.01. The van der Waals surface area contributed by atoms with Crippen LogP contribution in [0.4, 0.5) is 0 Å². The minimum Gasteiger partial charge on any atom is -0.479 e. The zero-order valence-corrected chi connectivity index (χ0v) is 14.6. The van der Waals surface area contributed by atoms with Crippen molar-refractivity contribution in [3.05, 3.63) is 47.5 Å². The molecule has 8 heteroatoms. The summed E-state index contributed by atoms with van der Waals surface area (Å²) in [5, 5.41) is 13.2. The van der Waals surface area contributed by atoms with Crippen LogP contribution in [0.5, 0.6) is 0 Å². The molecule has 0 aromatic heterocycles. The van der Waals surface area contributed by atoms with Gasteiger partial charge in [-0.15, -0.1) is 6.58 Å². The number of nitrogens with zero attached hydrogens (tertiary/aromatic N) is 1. The van der Waals surface area contributed by atoms with Gasteiger partial charge in [0.25, 0.3) is 0 Å². The fourth-order valence-corrected chi connectivity index (χ4v) is 2.87. The maximum absolute atomic E-state index is 12.6. The SMILES string of the molecule is C=CC(N)(c1ccc(C=NN)cc1CC)C(N)(C(=O)O)C(=O)CCC=O. The number of aldehydes is 1. The van der Waals surface area contributed by atoms with Crippen molar-refractivity contribution >= 4 is 24.3 Å². The number of hydrogen-bond donors (Lipinski definition) is 4. The lowest BCUT2D eigenvalue weighted by Crippen LogP contribution is -2.71. The molecule has 0 aliphatic rings. The van der Waals surface area contributed by atoms with Crippen molar-refractivity contribution in [2.24, 2.45) is 22.4 Å². The third kappa shape index (κ3) is 3.56. The van der Waals surface area contributed by atoms with Gasteiger partial charge in [0, 0.05) is 12.8 Å². The number of carbonyl (C=O) groups is 3. The van der Waals surface area contributed by atoms with E-state index in [0.717, 1.165) is 6.08 Å². The van der Waals surface area contributed by atoms with Gasteiger partial charge in [0.05, 0.1) is 11.8 Å². The van der Waals surface area contributed by atoms with Gasteiger partial charge in [-0.25, -0.2) is 4.79 Å². The Morgan fingerprint density at radius 3 is 2.46 bits per heavy atom. The lowest BCUT2D eigenvalue weighted by Gasteiger charge is -2.41. The third-order valence-corrected chi connectivity index (χ3v) is 4.42. The van der Waals surface area contributed by atoms with Gasteiger partial charge in [-0.3, -0.25) is 4.79 Å². The second-order valence-electron chi connectivity index (χ2n) is 5.86. The fourth-order valence-electron chi connectivity index (χ4n) is 2.87.